The molecule has 3 rings (SSSR count). The summed E-state index contributed by atoms with van der Waals surface area (Å²) in [5, 5.41) is -0.338. The molecule has 0 bridgehead atoms. The molecule has 0 fully saturated rings. The number of halogens is 2. The molecular weight excluding hydrogens is 454 g/mol. The fourth-order valence-corrected chi connectivity index (χ4v) is 4.43. The minimum Gasteiger partial charge on any atom is -0.444 e. The highest BCUT2D eigenvalue weighted by Crippen LogP contribution is 2.32. The van der Waals surface area contributed by atoms with Crippen LogP contribution in [0.1, 0.15) is 32.0 Å². The average molecular weight is 479 g/mol. The summed E-state index contributed by atoms with van der Waals surface area (Å²) >= 11 is 0. The molecule has 8 nitrogen and oxygen atoms in total. The number of carbonyl (C=O) groups is 1. The molecule has 11 heteroatoms. The third-order valence-corrected chi connectivity index (χ3v) is 6.06. The fourth-order valence-electron chi connectivity index (χ4n) is 3.03. The maximum absolute atomic E-state index is 15.6. The molecule has 0 spiro atoms. The van der Waals surface area contributed by atoms with Crippen LogP contribution in [0.4, 0.5) is 13.6 Å². The summed E-state index contributed by atoms with van der Waals surface area (Å²) in [6, 6.07) is 6.95. The van der Waals surface area contributed by atoms with E-state index in [9.17, 15) is 17.6 Å². The second kappa shape index (κ2) is 8.89. The van der Waals surface area contributed by atoms with Gasteiger partial charge in [0.2, 0.25) is 5.95 Å². The van der Waals surface area contributed by atoms with Gasteiger partial charge in [-0.25, -0.2) is 23.1 Å². The lowest BCUT2D eigenvalue weighted by molar-refractivity contribution is 0.0284. The van der Waals surface area contributed by atoms with E-state index in [0.29, 0.717) is 9.67 Å². The van der Waals surface area contributed by atoms with Gasteiger partial charge in [-0.3, -0.25) is 0 Å². The van der Waals surface area contributed by atoms with Crippen molar-refractivity contribution in [2.45, 2.75) is 44.9 Å². The minimum atomic E-state index is -4.41. The van der Waals surface area contributed by atoms with Gasteiger partial charge < -0.3 is 9.64 Å². The molecule has 3 aromatic heterocycles. The van der Waals surface area contributed by atoms with E-state index in [1.807, 2.05) is 0 Å². The van der Waals surface area contributed by atoms with E-state index < -0.39 is 39.2 Å². The Morgan fingerprint density at radius 2 is 1.88 bits per heavy atom. The van der Waals surface area contributed by atoms with Crippen molar-refractivity contribution in [3.63, 3.8) is 0 Å². The zero-order valence-corrected chi connectivity index (χ0v) is 19.7. The number of pyridine rings is 2. The molecule has 0 saturated carbocycles. The lowest BCUT2D eigenvalue weighted by atomic mass is 10.1. The first-order valence-corrected chi connectivity index (χ1v) is 11.4. The van der Waals surface area contributed by atoms with Crippen molar-refractivity contribution < 1.29 is 26.7 Å². The molecule has 0 atom stereocenters. The molecule has 0 N–H and O–H groups in total. The molecule has 0 radical (unpaired) electrons. The number of aromatic nitrogens is 3. The van der Waals surface area contributed by atoms with Gasteiger partial charge in [0.15, 0.2) is 10.8 Å². The van der Waals surface area contributed by atoms with E-state index >= 15 is 4.39 Å². The van der Waals surface area contributed by atoms with Gasteiger partial charge in [-0.2, -0.15) is 12.8 Å². The highest BCUT2D eigenvalue weighted by molar-refractivity contribution is 7.90. The summed E-state index contributed by atoms with van der Waals surface area (Å²) < 4.78 is 62.6. The summed E-state index contributed by atoms with van der Waals surface area (Å²) in [5.41, 5.74) is -1.39. The van der Waals surface area contributed by atoms with Crippen LogP contribution in [0.5, 0.6) is 0 Å². The molecule has 0 aliphatic heterocycles. The van der Waals surface area contributed by atoms with Gasteiger partial charge in [-0.1, -0.05) is 6.07 Å². The number of carbonyl (C=O) groups excluding carboxylic acids is 1. The van der Waals surface area contributed by atoms with Gasteiger partial charge in [0.1, 0.15) is 11.3 Å². The fraction of sp³-hybridized carbons (Fsp3) is 0.318. The summed E-state index contributed by atoms with van der Waals surface area (Å²) in [6.07, 6.45) is 1.45. The molecule has 3 heterocycles. The van der Waals surface area contributed by atoms with Crippen molar-refractivity contribution in [3.05, 3.63) is 65.7 Å². The summed E-state index contributed by atoms with van der Waals surface area (Å²) in [6.45, 7) is 6.33. The van der Waals surface area contributed by atoms with Crippen LogP contribution < -0.4 is 0 Å². The van der Waals surface area contributed by atoms with Crippen LogP contribution in [0.25, 0.3) is 11.3 Å². The molecule has 0 unspecified atom stereocenters. The SMILES string of the molecule is Cc1cccc(S(=O)(=O)n2cc(CN(C)C(=O)OC(C)(C)C)c(F)c2-c2cccnc2F)n1. The van der Waals surface area contributed by atoms with Crippen molar-refractivity contribution in [2.24, 2.45) is 0 Å². The van der Waals surface area contributed by atoms with Crippen molar-refractivity contribution >= 4 is 16.1 Å². The van der Waals surface area contributed by atoms with Crippen LogP contribution in [0.2, 0.25) is 0 Å². The van der Waals surface area contributed by atoms with Crippen molar-refractivity contribution in [1.29, 1.82) is 0 Å². The maximum atomic E-state index is 15.6. The second-order valence-corrected chi connectivity index (χ2v) is 10.2. The lowest BCUT2D eigenvalue weighted by Crippen LogP contribution is -2.33. The van der Waals surface area contributed by atoms with E-state index in [4.69, 9.17) is 4.74 Å². The van der Waals surface area contributed by atoms with E-state index in [1.54, 1.807) is 33.8 Å². The highest BCUT2D eigenvalue weighted by atomic mass is 32.2. The molecule has 0 aromatic carbocycles. The molecule has 33 heavy (non-hydrogen) atoms. The Labute approximate surface area is 190 Å². The minimum absolute atomic E-state index is 0.155. The largest absolute Gasteiger partial charge is 0.444 e. The Hall–Kier alpha value is -3.34. The number of ether oxygens (including phenoxy) is 1. The standard InChI is InChI=1S/C22H24F2N4O4S/c1-14-8-6-10-17(26-14)33(30,31)28-13-15(12-27(5)21(29)32-22(2,3)4)18(23)19(28)16-9-7-11-25-20(16)24/h6-11,13H,12H2,1-5H3. The Kier molecular flexibility index (Phi) is 6.55. The number of hydrogen-bond acceptors (Lipinski definition) is 6. The highest BCUT2D eigenvalue weighted by Gasteiger charge is 2.30. The zero-order valence-electron chi connectivity index (χ0n) is 18.8. The first kappa shape index (κ1) is 24.3. The van der Waals surface area contributed by atoms with Crippen molar-refractivity contribution in [2.75, 3.05) is 7.05 Å². The first-order valence-electron chi connectivity index (χ1n) is 9.95. The van der Waals surface area contributed by atoms with Gasteiger partial charge in [-0.05, 0) is 52.0 Å². The maximum Gasteiger partial charge on any atom is 0.410 e. The molecule has 0 aliphatic rings. The molecule has 3 aromatic rings. The number of aryl methyl sites for hydroxylation is 1. The third kappa shape index (κ3) is 5.19. The Morgan fingerprint density at radius 1 is 1.18 bits per heavy atom. The van der Waals surface area contributed by atoms with Gasteiger partial charge >= 0.3 is 6.09 Å². The van der Waals surface area contributed by atoms with Gasteiger partial charge in [0.05, 0.1) is 12.1 Å². The summed E-state index contributed by atoms with van der Waals surface area (Å²) in [5.74, 6) is -2.05. The number of hydrogen-bond donors (Lipinski definition) is 0. The third-order valence-electron chi connectivity index (χ3n) is 4.50. The first-order chi connectivity index (χ1) is 15.3. The molecule has 0 aliphatic carbocycles. The zero-order chi connectivity index (χ0) is 24.6. The van der Waals surface area contributed by atoms with Crippen molar-refractivity contribution in [1.82, 2.24) is 18.8 Å². The lowest BCUT2D eigenvalue weighted by Gasteiger charge is -2.24. The molecule has 1 amide bonds. The predicted octanol–water partition coefficient (Wildman–Crippen LogP) is 4.14. The van der Waals surface area contributed by atoms with E-state index in [0.717, 1.165) is 17.3 Å². The monoisotopic (exact) mass is 478 g/mol. The van der Waals surface area contributed by atoms with Crippen LogP contribution in [0, 0.1) is 18.7 Å². The summed E-state index contributed by atoms with van der Waals surface area (Å²) in [7, 11) is -3.03. The topological polar surface area (TPSA) is 94.4 Å². The second-order valence-electron chi connectivity index (χ2n) is 8.41. The Morgan fingerprint density at radius 3 is 2.48 bits per heavy atom. The Balaban J connectivity index is 2.15. The van der Waals surface area contributed by atoms with Crippen LogP contribution >= 0.6 is 0 Å². The summed E-state index contributed by atoms with van der Waals surface area (Å²) in [4.78, 5) is 20.9. The average Bonchev–Trinajstić information content (AvgIpc) is 3.04. The van der Waals surface area contributed by atoms with E-state index in [1.165, 1.54) is 31.3 Å². The molecular formula is C22H24F2N4O4S. The van der Waals surface area contributed by atoms with Crippen LogP contribution in [0.3, 0.4) is 0 Å². The van der Waals surface area contributed by atoms with E-state index in [2.05, 4.69) is 9.97 Å². The number of rotatable bonds is 5. The number of nitrogens with zero attached hydrogens (tertiary/aromatic N) is 4. The Bertz CT molecular complexity index is 1300. The van der Waals surface area contributed by atoms with Crippen LogP contribution in [-0.4, -0.2) is 46.0 Å². The van der Waals surface area contributed by atoms with E-state index in [-0.39, 0.29) is 22.7 Å². The van der Waals surface area contributed by atoms with Crippen LogP contribution in [0.15, 0.2) is 47.8 Å². The number of amides is 1. The predicted molar refractivity (Wildman–Crippen MR) is 117 cm³/mol. The van der Waals surface area contributed by atoms with Gasteiger partial charge in [0, 0.05) is 30.7 Å². The molecule has 0 saturated heterocycles. The normalized spacial score (nSPS) is 12.0. The van der Waals surface area contributed by atoms with Gasteiger partial charge in [0.25, 0.3) is 10.0 Å². The molecule has 176 valence electrons. The van der Waals surface area contributed by atoms with Gasteiger partial charge in [-0.15, -0.1) is 0 Å². The van der Waals surface area contributed by atoms with Crippen molar-refractivity contribution in [3.8, 4) is 11.3 Å². The smallest absolute Gasteiger partial charge is 0.410 e. The van der Waals surface area contributed by atoms with Crippen LogP contribution in [-0.2, 0) is 21.3 Å². The quantitative estimate of drug-likeness (QED) is 0.512.